The summed E-state index contributed by atoms with van der Waals surface area (Å²) in [4.78, 5) is 26.5. The van der Waals surface area contributed by atoms with Crippen molar-refractivity contribution < 1.29 is 42.1 Å². The van der Waals surface area contributed by atoms with E-state index in [1.165, 1.54) is 35.2 Å². The lowest BCUT2D eigenvalue weighted by molar-refractivity contribution is -0.152. The number of hydrogen-bond acceptors (Lipinski definition) is 7. The molecule has 5 rings (SSSR count). The van der Waals surface area contributed by atoms with E-state index in [1.807, 2.05) is 0 Å². The molecule has 8 nitrogen and oxygen atoms in total. The Morgan fingerprint density at radius 2 is 1.86 bits per heavy atom. The summed E-state index contributed by atoms with van der Waals surface area (Å²) in [6.07, 6.45) is -4.09. The quantitative estimate of drug-likeness (QED) is 0.564. The van der Waals surface area contributed by atoms with Crippen molar-refractivity contribution in [3.05, 3.63) is 51.9 Å². The van der Waals surface area contributed by atoms with Gasteiger partial charge in [0.1, 0.15) is 30.6 Å². The average Bonchev–Trinajstić information content (AvgIpc) is 3.28. The standard InChI is InChI=1S/C24H20F3NO7/c25-24(26,27)22-19(12-3-6-17-18(10-12)34-9-8-33-17)20(30)13-4-5-16(29)14(21(13)35-22)11-28-7-1-2-15(28)23(31)32/h3-6,10,15,29H,1-2,7-9,11H2,(H,31,32)/t15-/m0/s1. The summed E-state index contributed by atoms with van der Waals surface area (Å²) in [5, 5.41) is 19.7. The number of halogens is 3. The molecule has 2 aromatic carbocycles. The molecule has 35 heavy (non-hydrogen) atoms. The van der Waals surface area contributed by atoms with Crippen molar-refractivity contribution in [2.75, 3.05) is 19.8 Å². The highest BCUT2D eigenvalue weighted by Crippen LogP contribution is 2.42. The molecule has 1 aromatic heterocycles. The van der Waals surface area contributed by atoms with Gasteiger partial charge in [-0.2, -0.15) is 13.2 Å². The molecule has 0 saturated carbocycles. The zero-order chi connectivity index (χ0) is 24.9. The molecule has 3 heterocycles. The largest absolute Gasteiger partial charge is 0.507 e. The first-order valence-corrected chi connectivity index (χ1v) is 10.9. The second-order valence-corrected chi connectivity index (χ2v) is 8.40. The molecule has 2 aliphatic heterocycles. The van der Waals surface area contributed by atoms with E-state index in [4.69, 9.17) is 13.9 Å². The zero-order valence-corrected chi connectivity index (χ0v) is 18.2. The van der Waals surface area contributed by atoms with Gasteiger partial charge in [0.2, 0.25) is 11.2 Å². The topological polar surface area (TPSA) is 109 Å². The molecule has 0 unspecified atom stereocenters. The number of fused-ring (bicyclic) bond motifs is 2. The van der Waals surface area contributed by atoms with Crippen molar-refractivity contribution >= 4 is 16.9 Å². The van der Waals surface area contributed by atoms with Crippen LogP contribution in [0.1, 0.15) is 24.2 Å². The fourth-order valence-corrected chi connectivity index (χ4v) is 4.62. The van der Waals surface area contributed by atoms with Gasteiger partial charge in [0, 0.05) is 6.54 Å². The number of likely N-dealkylation sites (tertiary alicyclic amines) is 1. The number of aliphatic carboxylic acids is 1. The minimum atomic E-state index is -5.03. The average molecular weight is 491 g/mol. The molecule has 1 atom stereocenters. The van der Waals surface area contributed by atoms with Gasteiger partial charge in [-0.25, -0.2) is 0 Å². The lowest BCUT2D eigenvalue weighted by atomic mass is 9.99. The van der Waals surface area contributed by atoms with Gasteiger partial charge in [-0.3, -0.25) is 14.5 Å². The normalized spacial score (nSPS) is 18.2. The SMILES string of the molecule is O=C(O)[C@@H]1CCCN1Cc1c(O)ccc2c(=O)c(-c3ccc4c(c3)OCCO4)c(C(F)(F)F)oc12. The highest BCUT2D eigenvalue weighted by atomic mass is 19.4. The van der Waals surface area contributed by atoms with E-state index in [1.54, 1.807) is 0 Å². The molecule has 0 spiro atoms. The van der Waals surface area contributed by atoms with E-state index in [0.29, 0.717) is 31.7 Å². The van der Waals surface area contributed by atoms with Crippen LogP contribution in [0, 0.1) is 0 Å². The number of rotatable bonds is 4. The number of hydrogen-bond donors (Lipinski definition) is 2. The molecule has 0 bridgehead atoms. The van der Waals surface area contributed by atoms with Crippen LogP contribution in [-0.4, -0.2) is 46.9 Å². The van der Waals surface area contributed by atoms with E-state index >= 15 is 0 Å². The number of aromatic hydroxyl groups is 1. The number of phenolic OH excluding ortho intramolecular Hbond substituents is 1. The lowest BCUT2D eigenvalue weighted by Gasteiger charge is -2.22. The first-order valence-electron chi connectivity index (χ1n) is 10.9. The van der Waals surface area contributed by atoms with Crippen molar-refractivity contribution in [2.45, 2.75) is 31.6 Å². The van der Waals surface area contributed by atoms with Crippen molar-refractivity contribution in [1.29, 1.82) is 0 Å². The second kappa shape index (κ2) is 8.49. The highest BCUT2D eigenvalue weighted by molar-refractivity contribution is 5.87. The number of carboxylic acid groups (broad SMARTS) is 1. The molecule has 2 N–H and O–H groups in total. The molecule has 3 aromatic rings. The first kappa shape index (κ1) is 23.0. The van der Waals surface area contributed by atoms with Gasteiger partial charge in [0.05, 0.1) is 16.5 Å². The summed E-state index contributed by atoms with van der Waals surface area (Å²) in [6, 6.07) is 5.58. The number of carbonyl (C=O) groups is 1. The fraction of sp³-hybridized carbons (Fsp3) is 0.333. The molecule has 0 amide bonds. The van der Waals surface area contributed by atoms with Crippen LogP contribution in [0.25, 0.3) is 22.1 Å². The van der Waals surface area contributed by atoms with E-state index in [2.05, 4.69) is 0 Å². The Balaban J connectivity index is 1.71. The third-order valence-corrected chi connectivity index (χ3v) is 6.24. The van der Waals surface area contributed by atoms with Crippen LogP contribution in [0.2, 0.25) is 0 Å². The van der Waals surface area contributed by atoms with Crippen LogP contribution < -0.4 is 14.9 Å². The Morgan fingerprint density at radius 3 is 2.57 bits per heavy atom. The molecule has 1 fully saturated rings. The maximum Gasteiger partial charge on any atom is 0.450 e. The lowest BCUT2D eigenvalue weighted by Crippen LogP contribution is -2.35. The number of phenols is 1. The number of carboxylic acids is 1. The molecular weight excluding hydrogens is 471 g/mol. The van der Waals surface area contributed by atoms with Gasteiger partial charge in [0.15, 0.2) is 11.5 Å². The van der Waals surface area contributed by atoms with E-state index in [9.17, 15) is 33.0 Å². The molecule has 1 saturated heterocycles. The monoisotopic (exact) mass is 491 g/mol. The molecule has 0 radical (unpaired) electrons. The third kappa shape index (κ3) is 4.05. The fourth-order valence-electron chi connectivity index (χ4n) is 4.62. The summed E-state index contributed by atoms with van der Waals surface area (Å²) in [5.74, 6) is -2.42. The van der Waals surface area contributed by atoms with E-state index in [0.717, 1.165) is 0 Å². The van der Waals surface area contributed by atoms with Gasteiger partial charge in [-0.05, 0) is 49.2 Å². The van der Waals surface area contributed by atoms with Crippen LogP contribution in [0.4, 0.5) is 13.2 Å². The molecule has 11 heteroatoms. The van der Waals surface area contributed by atoms with Gasteiger partial charge >= 0.3 is 12.1 Å². The van der Waals surface area contributed by atoms with Crippen molar-refractivity contribution in [3.8, 4) is 28.4 Å². The van der Waals surface area contributed by atoms with Gasteiger partial charge in [0.25, 0.3) is 0 Å². The number of nitrogens with zero attached hydrogens (tertiary/aromatic N) is 1. The summed E-state index contributed by atoms with van der Waals surface area (Å²) in [5.41, 5.74) is -2.19. The zero-order valence-electron chi connectivity index (χ0n) is 18.2. The number of benzene rings is 2. The van der Waals surface area contributed by atoms with Gasteiger partial charge in [-0.15, -0.1) is 0 Å². The minimum absolute atomic E-state index is 0.0580. The number of alkyl halides is 3. The Bertz CT molecular complexity index is 1380. The molecular formula is C24H20F3NO7. The predicted octanol–water partition coefficient (Wildman–Crippen LogP) is 4.00. The molecule has 0 aliphatic carbocycles. The summed E-state index contributed by atoms with van der Waals surface area (Å²) in [6.45, 7) is 0.692. The summed E-state index contributed by atoms with van der Waals surface area (Å²) < 4.78 is 58.6. The van der Waals surface area contributed by atoms with E-state index < -0.39 is 46.3 Å². The van der Waals surface area contributed by atoms with Gasteiger partial charge in [-0.1, -0.05) is 6.07 Å². The minimum Gasteiger partial charge on any atom is -0.507 e. The van der Waals surface area contributed by atoms with E-state index in [-0.39, 0.29) is 35.4 Å². The van der Waals surface area contributed by atoms with Crippen LogP contribution >= 0.6 is 0 Å². The Morgan fingerprint density at radius 1 is 1.11 bits per heavy atom. The smallest absolute Gasteiger partial charge is 0.450 e. The Kier molecular flexibility index (Phi) is 5.59. The maximum absolute atomic E-state index is 14.1. The summed E-state index contributed by atoms with van der Waals surface area (Å²) >= 11 is 0. The molecule has 2 aliphatic rings. The third-order valence-electron chi connectivity index (χ3n) is 6.24. The van der Waals surface area contributed by atoms with Crippen molar-refractivity contribution in [3.63, 3.8) is 0 Å². The summed E-state index contributed by atoms with van der Waals surface area (Å²) in [7, 11) is 0. The van der Waals surface area contributed by atoms with Crippen molar-refractivity contribution in [1.82, 2.24) is 4.90 Å². The maximum atomic E-state index is 14.1. The highest BCUT2D eigenvalue weighted by Gasteiger charge is 2.40. The van der Waals surface area contributed by atoms with Crippen LogP contribution in [0.3, 0.4) is 0 Å². The van der Waals surface area contributed by atoms with Crippen LogP contribution in [0.5, 0.6) is 17.2 Å². The molecule has 184 valence electrons. The Hall–Kier alpha value is -3.73. The van der Waals surface area contributed by atoms with Crippen LogP contribution in [0.15, 0.2) is 39.5 Å². The second-order valence-electron chi connectivity index (χ2n) is 8.40. The van der Waals surface area contributed by atoms with Crippen LogP contribution in [-0.2, 0) is 17.5 Å². The Labute approximate surface area is 196 Å². The van der Waals surface area contributed by atoms with Gasteiger partial charge < -0.3 is 24.1 Å². The number of ether oxygens (including phenoxy) is 2. The predicted molar refractivity (Wildman–Crippen MR) is 117 cm³/mol. The van der Waals surface area contributed by atoms with Crippen molar-refractivity contribution in [2.24, 2.45) is 0 Å². The first-order chi connectivity index (χ1) is 16.6.